The van der Waals surface area contributed by atoms with Crippen molar-refractivity contribution in [2.75, 3.05) is 0 Å². The third kappa shape index (κ3) is 1.67. The molecule has 0 radical (unpaired) electrons. The Bertz CT molecular complexity index is 491. The first-order chi connectivity index (χ1) is 7.33. The first kappa shape index (κ1) is 9.26. The zero-order valence-corrected chi connectivity index (χ0v) is 7.70. The summed E-state index contributed by atoms with van der Waals surface area (Å²) in [5.41, 5.74) is 0.404. The van der Waals surface area contributed by atoms with Gasteiger partial charge in [0.1, 0.15) is 12.0 Å². The minimum atomic E-state index is -0.317. The number of rotatable bonds is 2. The number of carbonyl (C=O) groups excluding carboxylic acids is 2. The van der Waals surface area contributed by atoms with E-state index in [-0.39, 0.29) is 17.2 Å². The van der Waals surface area contributed by atoms with Gasteiger partial charge in [0.15, 0.2) is 6.29 Å². The Morgan fingerprint density at radius 3 is 2.93 bits per heavy atom. The van der Waals surface area contributed by atoms with Crippen molar-refractivity contribution in [3.8, 4) is 0 Å². The maximum atomic E-state index is 11.8. The van der Waals surface area contributed by atoms with Gasteiger partial charge in [-0.3, -0.25) is 19.1 Å². The maximum Gasteiger partial charge on any atom is 0.265 e. The number of carbonyl (C=O) groups is 2. The Labute approximate surface area is 85.4 Å². The third-order valence-electron chi connectivity index (χ3n) is 1.92. The van der Waals surface area contributed by atoms with Crippen molar-refractivity contribution in [1.82, 2.24) is 14.5 Å². The van der Waals surface area contributed by atoms with Gasteiger partial charge in [0, 0.05) is 18.6 Å². The highest BCUT2D eigenvalue weighted by Crippen LogP contribution is 2.05. The fraction of sp³-hybridized carbons (Fsp3) is 0. The summed E-state index contributed by atoms with van der Waals surface area (Å²) in [5.74, 6) is -0.317. The van der Waals surface area contributed by atoms with E-state index < -0.39 is 0 Å². The number of pyridine rings is 1. The van der Waals surface area contributed by atoms with E-state index in [1.165, 1.54) is 29.5 Å². The highest BCUT2D eigenvalue weighted by atomic mass is 16.2. The molecule has 0 N–H and O–H groups in total. The van der Waals surface area contributed by atoms with Crippen molar-refractivity contribution in [2.24, 2.45) is 0 Å². The molecule has 0 aliphatic carbocycles. The smallest absolute Gasteiger partial charge is 0.265 e. The number of hydrogen-bond acceptors (Lipinski definition) is 4. The lowest BCUT2D eigenvalue weighted by molar-refractivity contribution is 0.0953. The van der Waals surface area contributed by atoms with E-state index in [9.17, 15) is 9.59 Å². The number of aldehydes is 1. The lowest BCUT2D eigenvalue weighted by atomic mass is 10.2. The van der Waals surface area contributed by atoms with Gasteiger partial charge in [-0.05, 0) is 12.1 Å². The fourth-order valence-corrected chi connectivity index (χ4v) is 1.21. The van der Waals surface area contributed by atoms with E-state index in [1.807, 2.05) is 0 Å². The summed E-state index contributed by atoms with van der Waals surface area (Å²) in [5, 5.41) is 0. The Kier molecular flexibility index (Phi) is 2.37. The average molecular weight is 201 g/mol. The Morgan fingerprint density at radius 2 is 2.27 bits per heavy atom. The Balaban J connectivity index is 2.46. The molecule has 5 nitrogen and oxygen atoms in total. The Morgan fingerprint density at radius 1 is 1.40 bits per heavy atom. The molecule has 5 heteroatoms. The van der Waals surface area contributed by atoms with E-state index in [4.69, 9.17) is 0 Å². The zero-order valence-electron chi connectivity index (χ0n) is 7.70. The number of nitrogens with zero attached hydrogens (tertiary/aromatic N) is 3. The molecule has 0 unspecified atom stereocenters. The largest absolute Gasteiger partial charge is 0.296 e. The predicted molar refractivity (Wildman–Crippen MR) is 51.6 cm³/mol. The van der Waals surface area contributed by atoms with Gasteiger partial charge in [0.25, 0.3) is 5.91 Å². The van der Waals surface area contributed by atoms with Crippen LogP contribution in [-0.2, 0) is 0 Å². The first-order valence-electron chi connectivity index (χ1n) is 4.26. The van der Waals surface area contributed by atoms with Crippen LogP contribution in [0.15, 0.2) is 37.1 Å². The highest BCUT2D eigenvalue weighted by molar-refractivity contribution is 6.01. The van der Waals surface area contributed by atoms with Gasteiger partial charge in [-0.25, -0.2) is 4.98 Å². The quantitative estimate of drug-likeness (QED) is 0.673. The molecule has 0 saturated carbocycles. The van der Waals surface area contributed by atoms with E-state index in [0.717, 1.165) is 0 Å². The summed E-state index contributed by atoms with van der Waals surface area (Å²) in [6.45, 7) is 0. The molecule has 2 rings (SSSR count). The molecule has 2 heterocycles. The minimum Gasteiger partial charge on any atom is -0.296 e. The third-order valence-corrected chi connectivity index (χ3v) is 1.92. The fourth-order valence-electron chi connectivity index (χ4n) is 1.21. The van der Waals surface area contributed by atoms with Crippen LogP contribution in [0.5, 0.6) is 0 Å². The molecule has 0 fully saturated rings. The van der Waals surface area contributed by atoms with Crippen LogP contribution in [0.2, 0.25) is 0 Å². The molecule has 0 atom stereocenters. The highest BCUT2D eigenvalue weighted by Gasteiger charge is 2.12. The van der Waals surface area contributed by atoms with Crippen LogP contribution < -0.4 is 0 Å². The van der Waals surface area contributed by atoms with Crippen molar-refractivity contribution >= 4 is 12.2 Å². The van der Waals surface area contributed by atoms with Crippen LogP contribution in [0.4, 0.5) is 0 Å². The van der Waals surface area contributed by atoms with Gasteiger partial charge in [0.05, 0.1) is 5.56 Å². The van der Waals surface area contributed by atoms with Gasteiger partial charge in [-0.2, -0.15) is 0 Å². The first-order valence-corrected chi connectivity index (χ1v) is 4.26. The molecule has 74 valence electrons. The Hall–Kier alpha value is -2.30. The molecule has 15 heavy (non-hydrogen) atoms. The zero-order chi connectivity index (χ0) is 10.7. The topological polar surface area (TPSA) is 64.8 Å². The normalized spacial score (nSPS) is 9.87. The van der Waals surface area contributed by atoms with Gasteiger partial charge in [-0.15, -0.1) is 0 Å². The molecule has 0 saturated heterocycles. The second-order valence-corrected chi connectivity index (χ2v) is 2.83. The monoisotopic (exact) mass is 201 g/mol. The molecule has 0 spiro atoms. The lowest BCUT2D eigenvalue weighted by Crippen LogP contribution is -2.13. The van der Waals surface area contributed by atoms with Crippen molar-refractivity contribution < 1.29 is 9.59 Å². The molecule has 0 aliphatic rings. The summed E-state index contributed by atoms with van der Waals surface area (Å²) in [6.07, 6.45) is 6.42. The molecule has 0 bridgehead atoms. The lowest BCUT2D eigenvalue weighted by Gasteiger charge is -2.02. The van der Waals surface area contributed by atoms with Crippen LogP contribution in [0.25, 0.3) is 0 Å². The number of aromatic nitrogens is 3. The second-order valence-electron chi connectivity index (χ2n) is 2.83. The minimum absolute atomic E-state index is 0.135. The summed E-state index contributed by atoms with van der Waals surface area (Å²) in [7, 11) is 0. The molecular formula is C10H7N3O2. The van der Waals surface area contributed by atoms with Gasteiger partial charge in [0.2, 0.25) is 0 Å². The van der Waals surface area contributed by atoms with E-state index in [2.05, 4.69) is 9.97 Å². The molecule has 2 aromatic rings. The van der Waals surface area contributed by atoms with Gasteiger partial charge >= 0.3 is 0 Å². The van der Waals surface area contributed by atoms with Crippen molar-refractivity contribution in [2.45, 2.75) is 0 Å². The molecule has 0 aliphatic heterocycles. The van der Waals surface area contributed by atoms with Crippen LogP contribution in [0.3, 0.4) is 0 Å². The predicted octanol–water partition coefficient (Wildman–Crippen LogP) is 0.779. The van der Waals surface area contributed by atoms with Crippen LogP contribution in [0.1, 0.15) is 20.8 Å². The summed E-state index contributed by atoms with van der Waals surface area (Å²) >= 11 is 0. The summed E-state index contributed by atoms with van der Waals surface area (Å²) in [4.78, 5) is 30.0. The second kappa shape index (κ2) is 3.83. The number of imidazole rings is 1. The molecule has 0 amide bonds. The summed E-state index contributed by atoms with van der Waals surface area (Å²) in [6, 6.07) is 3.16. The van der Waals surface area contributed by atoms with E-state index in [0.29, 0.717) is 6.29 Å². The van der Waals surface area contributed by atoms with E-state index >= 15 is 0 Å². The van der Waals surface area contributed by atoms with Crippen LogP contribution in [0, 0.1) is 0 Å². The standard InChI is InChI=1S/C10H7N3O2/c14-6-9-8(2-1-3-12-9)10(15)13-5-4-11-7-13/h1-7H. The van der Waals surface area contributed by atoms with Crippen LogP contribution >= 0.6 is 0 Å². The van der Waals surface area contributed by atoms with Crippen LogP contribution in [-0.4, -0.2) is 26.7 Å². The van der Waals surface area contributed by atoms with Gasteiger partial charge in [-0.1, -0.05) is 0 Å². The van der Waals surface area contributed by atoms with Crippen molar-refractivity contribution in [3.63, 3.8) is 0 Å². The van der Waals surface area contributed by atoms with E-state index in [1.54, 1.807) is 12.1 Å². The summed E-state index contributed by atoms with van der Waals surface area (Å²) < 4.78 is 1.30. The molecule has 2 aromatic heterocycles. The van der Waals surface area contributed by atoms with Crippen molar-refractivity contribution in [3.05, 3.63) is 48.3 Å². The van der Waals surface area contributed by atoms with Crippen molar-refractivity contribution in [1.29, 1.82) is 0 Å². The molecule has 0 aromatic carbocycles. The number of hydrogen-bond donors (Lipinski definition) is 0. The SMILES string of the molecule is O=Cc1ncccc1C(=O)n1ccnc1. The van der Waals surface area contributed by atoms with Gasteiger partial charge < -0.3 is 0 Å². The maximum absolute atomic E-state index is 11.8. The average Bonchev–Trinajstić information content (AvgIpc) is 2.81. The molecular weight excluding hydrogens is 194 g/mol.